The summed E-state index contributed by atoms with van der Waals surface area (Å²) in [5, 5.41) is 3.93. The van der Waals surface area contributed by atoms with Crippen molar-refractivity contribution in [3.05, 3.63) is 35.6 Å². The van der Waals surface area contributed by atoms with E-state index < -0.39 is 0 Å². The van der Waals surface area contributed by atoms with Gasteiger partial charge in [-0.1, -0.05) is 18.2 Å². The van der Waals surface area contributed by atoms with Gasteiger partial charge in [0.05, 0.1) is 6.61 Å². The molecule has 2 heteroatoms. The smallest absolute Gasteiger partial charge is 0.119 e. The van der Waals surface area contributed by atoms with Crippen LogP contribution in [0.15, 0.2) is 30.3 Å². The SMILES string of the molecule is C[N-]CCOc1ccccc1. The Bertz CT molecular complexity index is 186. The van der Waals surface area contributed by atoms with Crippen LogP contribution < -0.4 is 4.74 Å². The van der Waals surface area contributed by atoms with Gasteiger partial charge in [0, 0.05) is 0 Å². The largest absolute Gasteiger partial charge is 0.662 e. The monoisotopic (exact) mass is 150 g/mol. The van der Waals surface area contributed by atoms with E-state index in [1.165, 1.54) is 0 Å². The molecule has 0 aromatic heterocycles. The molecule has 0 aliphatic carbocycles. The maximum Gasteiger partial charge on any atom is 0.119 e. The molecule has 60 valence electrons. The molecule has 0 amide bonds. The molecule has 0 saturated heterocycles. The summed E-state index contributed by atoms with van der Waals surface area (Å²) in [4.78, 5) is 0. The Labute approximate surface area is 67.2 Å². The summed E-state index contributed by atoms with van der Waals surface area (Å²) in [7, 11) is 1.79. The summed E-state index contributed by atoms with van der Waals surface area (Å²) in [6.45, 7) is 1.43. The molecule has 0 heterocycles. The molecule has 0 fully saturated rings. The van der Waals surface area contributed by atoms with E-state index >= 15 is 0 Å². The summed E-state index contributed by atoms with van der Waals surface area (Å²) >= 11 is 0. The number of para-hydroxylation sites is 1. The third-order valence-corrected chi connectivity index (χ3v) is 1.33. The number of hydrogen-bond acceptors (Lipinski definition) is 1. The number of likely N-dealkylation sites (N-methyl/N-ethyl adjacent to an activating group) is 1. The van der Waals surface area contributed by atoms with Crippen molar-refractivity contribution in [3.8, 4) is 5.75 Å². The topological polar surface area (TPSA) is 23.3 Å². The molecule has 0 aliphatic heterocycles. The van der Waals surface area contributed by atoms with Crippen LogP contribution in [0.4, 0.5) is 0 Å². The highest BCUT2D eigenvalue weighted by atomic mass is 16.5. The molecule has 11 heavy (non-hydrogen) atoms. The fraction of sp³-hybridized carbons (Fsp3) is 0.333. The number of ether oxygens (including phenoxy) is 1. The van der Waals surface area contributed by atoms with E-state index in [1.54, 1.807) is 7.05 Å². The maximum absolute atomic E-state index is 5.35. The van der Waals surface area contributed by atoms with Crippen LogP contribution in [0.25, 0.3) is 5.32 Å². The molecule has 0 spiro atoms. The van der Waals surface area contributed by atoms with Gasteiger partial charge in [0.1, 0.15) is 5.75 Å². The van der Waals surface area contributed by atoms with Gasteiger partial charge in [0.25, 0.3) is 0 Å². The number of benzene rings is 1. The Balaban J connectivity index is 2.28. The number of hydrogen-bond donors (Lipinski definition) is 0. The molecule has 0 unspecified atom stereocenters. The highest BCUT2D eigenvalue weighted by Crippen LogP contribution is 2.07. The normalized spacial score (nSPS) is 9.55. The van der Waals surface area contributed by atoms with Crippen molar-refractivity contribution in [2.24, 2.45) is 0 Å². The van der Waals surface area contributed by atoms with E-state index in [2.05, 4.69) is 5.32 Å². The summed E-state index contributed by atoms with van der Waals surface area (Å²) in [6.07, 6.45) is 0. The fourth-order valence-corrected chi connectivity index (χ4v) is 0.772. The van der Waals surface area contributed by atoms with Crippen molar-refractivity contribution in [1.29, 1.82) is 0 Å². The Kier molecular flexibility index (Phi) is 3.48. The van der Waals surface area contributed by atoms with E-state index in [1.807, 2.05) is 30.3 Å². The zero-order chi connectivity index (χ0) is 7.94. The Morgan fingerprint density at radius 2 is 2.00 bits per heavy atom. The van der Waals surface area contributed by atoms with Gasteiger partial charge < -0.3 is 10.1 Å². The van der Waals surface area contributed by atoms with E-state index in [0.717, 1.165) is 12.3 Å². The van der Waals surface area contributed by atoms with E-state index in [0.29, 0.717) is 6.61 Å². The molecule has 1 rings (SSSR count). The van der Waals surface area contributed by atoms with Gasteiger partial charge in [-0.3, -0.25) is 0 Å². The predicted octanol–water partition coefficient (Wildman–Crippen LogP) is 2.07. The quantitative estimate of drug-likeness (QED) is 0.602. The molecule has 1 aromatic rings. The Hall–Kier alpha value is -1.02. The summed E-state index contributed by atoms with van der Waals surface area (Å²) in [5.74, 6) is 0.913. The second kappa shape index (κ2) is 4.74. The van der Waals surface area contributed by atoms with Crippen LogP contribution in [-0.4, -0.2) is 20.2 Å². The lowest BCUT2D eigenvalue weighted by atomic mass is 10.3. The van der Waals surface area contributed by atoms with Crippen LogP contribution in [0, 0.1) is 0 Å². The number of rotatable bonds is 4. The average molecular weight is 150 g/mol. The summed E-state index contributed by atoms with van der Waals surface area (Å²) in [5.41, 5.74) is 0. The first-order valence-electron chi connectivity index (χ1n) is 3.67. The van der Waals surface area contributed by atoms with Gasteiger partial charge in [-0.15, -0.1) is 6.54 Å². The number of nitrogens with zero attached hydrogens (tertiary/aromatic N) is 1. The first-order chi connectivity index (χ1) is 5.43. The third kappa shape index (κ3) is 3.05. The molecule has 0 aliphatic rings. The molecule has 1 aromatic carbocycles. The molecule has 2 nitrogen and oxygen atoms in total. The highest BCUT2D eigenvalue weighted by Gasteiger charge is 1.85. The average Bonchev–Trinajstić information content (AvgIpc) is 2.07. The van der Waals surface area contributed by atoms with Gasteiger partial charge in [0.15, 0.2) is 0 Å². The molecule has 0 N–H and O–H groups in total. The lowest BCUT2D eigenvalue weighted by molar-refractivity contribution is 0.335. The van der Waals surface area contributed by atoms with Gasteiger partial charge >= 0.3 is 0 Å². The Morgan fingerprint density at radius 3 is 2.64 bits per heavy atom. The fourth-order valence-electron chi connectivity index (χ4n) is 0.772. The second-order valence-electron chi connectivity index (χ2n) is 2.20. The lowest BCUT2D eigenvalue weighted by Gasteiger charge is -2.11. The molecule has 0 radical (unpaired) electrons. The van der Waals surface area contributed by atoms with Crippen LogP contribution in [0.1, 0.15) is 0 Å². The van der Waals surface area contributed by atoms with Crippen molar-refractivity contribution in [2.45, 2.75) is 0 Å². The van der Waals surface area contributed by atoms with Gasteiger partial charge in [0.2, 0.25) is 0 Å². The first kappa shape index (κ1) is 8.08. The third-order valence-electron chi connectivity index (χ3n) is 1.33. The Morgan fingerprint density at radius 1 is 1.27 bits per heavy atom. The van der Waals surface area contributed by atoms with Gasteiger partial charge in [-0.25, -0.2) is 0 Å². The molecular formula is C9H12NO-. The highest BCUT2D eigenvalue weighted by molar-refractivity contribution is 5.20. The van der Waals surface area contributed by atoms with E-state index in [9.17, 15) is 0 Å². The van der Waals surface area contributed by atoms with Crippen LogP contribution in [0.3, 0.4) is 0 Å². The van der Waals surface area contributed by atoms with Crippen LogP contribution in [0.2, 0.25) is 0 Å². The van der Waals surface area contributed by atoms with Gasteiger partial charge in [-0.05, 0) is 12.1 Å². The second-order valence-corrected chi connectivity index (χ2v) is 2.20. The molecule has 0 atom stereocenters. The van der Waals surface area contributed by atoms with Crippen molar-refractivity contribution >= 4 is 0 Å². The van der Waals surface area contributed by atoms with Crippen molar-refractivity contribution in [2.75, 3.05) is 20.2 Å². The predicted molar refractivity (Wildman–Crippen MR) is 46.1 cm³/mol. The zero-order valence-corrected chi connectivity index (χ0v) is 6.66. The van der Waals surface area contributed by atoms with Crippen molar-refractivity contribution in [3.63, 3.8) is 0 Å². The minimum atomic E-state index is 0.667. The van der Waals surface area contributed by atoms with Crippen LogP contribution in [-0.2, 0) is 0 Å². The first-order valence-corrected chi connectivity index (χ1v) is 3.67. The minimum absolute atomic E-state index is 0.667. The van der Waals surface area contributed by atoms with E-state index in [-0.39, 0.29) is 0 Å². The van der Waals surface area contributed by atoms with Crippen LogP contribution in [0.5, 0.6) is 5.75 Å². The summed E-state index contributed by atoms with van der Waals surface area (Å²) in [6, 6.07) is 9.76. The molecule has 0 bridgehead atoms. The van der Waals surface area contributed by atoms with Crippen molar-refractivity contribution in [1.82, 2.24) is 0 Å². The zero-order valence-electron chi connectivity index (χ0n) is 6.66. The summed E-state index contributed by atoms with van der Waals surface area (Å²) < 4.78 is 5.35. The standard InChI is InChI=1S/C9H12NO/c1-10-7-8-11-9-5-3-2-4-6-9/h2-6H,7-8H2,1H3/q-1. The molecule has 0 saturated carbocycles. The maximum atomic E-state index is 5.35. The minimum Gasteiger partial charge on any atom is -0.662 e. The van der Waals surface area contributed by atoms with Crippen molar-refractivity contribution < 1.29 is 4.74 Å². The van der Waals surface area contributed by atoms with Gasteiger partial charge in [-0.2, -0.15) is 7.05 Å². The lowest BCUT2D eigenvalue weighted by Crippen LogP contribution is -2.00. The van der Waals surface area contributed by atoms with Crippen LogP contribution >= 0.6 is 0 Å². The van der Waals surface area contributed by atoms with E-state index in [4.69, 9.17) is 4.74 Å². The molecular weight excluding hydrogens is 138 g/mol.